The van der Waals surface area contributed by atoms with Crippen molar-refractivity contribution >= 4 is 35.3 Å². The molecule has 2 aromatic carbocycles. The first kappa shape index (κ1) is 35.6. The molecule has 0 amide bonds. The summed E-state index contributed by atoms with van der Waals surface area (Å²) in [5, 5.41) is 28.9. The molecule has 3 aromatic rings. The number of allylic oxidation sites excluding steroid dienone is 2. The van der Waals surface area contributed by atoms with Crippen LogP contribution in [0.2, 0.25) is 0 Å². The molecule has 0 radical (unpaired) electrons. The molecule has 1 atom stereocenters. The Kier molecular flexibility index (Phi) is 11.9. The second-order valence-corrected chi connectivity index (χ2v) is 12.1. The molecule has 0 N–H and O–H groups in total. The molecule has 1 unspecified atom stereocenters. The number of anilines is 1. The van der Waals surface area contributed by atoms with Gasteiger partial charge in [-0.3, -0.25) is 0 Å². The number of methoxy groups -OCH3 is 1. The van der Waals surface area contributed by atoms with Gasteiger partial charge in [-0.05, 0) is 55.3 Å². The summed E-state index contributed by atoms with van der Waals surface area (Å²) in [6, 6.07) is 21.5. The van der Waals surface area contributed by atoms with E-state index in [1.807, 2.05) is 30.4 Å². The summed E-state index contributed by atoms with van der Waals surface area (Å²) >= 11 is 1.34. The molecule has 1 aliphatic rings. The first-order chi connectivity index (χ1) is 23.2. The van der Waals surface area contributed by atoms with Gasteiger partial charge in [-0.25, -0.2) is 0 Å². The lowest BCUT2D eigenvalue weighted by Gasteiger charge is -2.33. The maximum Gasteiger partial charge on any atom is 0.437 e. The first-order valence-corrected chi connectivity index (χ1v) is 16.4. The maximum absolute atomic E-state index is 15.0. The van der Waals surface area contributed by atoms with Crippen molar-refractivity contribution in [2.75, 3.05) is 25.1 Å². The minimum Gasteiger partial charge on any atom is -0.496 e. The van der Waals surface area contributed by atoms with Crippen LogP contribution in [0.5, 0.6) is 5.75 Å². The average molecular weight is 669 g/mol. The van der Waals surface area contributed by atoms with Crippen LogP contribution in [-0.2, 0) is 10.3 Å². The molecule has 0 saturated carbocycles. The fraction of sp³-hybridized carbons (Fsp3) is 0.289. The maximum atomic E-state index is 15.0. The Morgan fingerprint density at radius 1 is 0.896 bits per heavy atom. The average Bonchev–Trinajstić information content (AvgIpc) is 3.70. The zero-order chi connectivity index (χ0) is 34.7. The molecular formula is C38H35F3N4O2S. The van der Waals surface area contributed by atoms with Crippen molar-refractivity contribution in [2.24, 2.45) is 0 Å². The minimum absolute atomic E-state index is 0.288. The number of alkyl halides is 3. The standard InChI is InChI=1S/C38H35F3N4O2S/c1-4-6-21-45(22-7-5-2)30-15-13-27(35(23-30)46-3)14-16-31-17-18-32(48-31)19-20-34-33(26-44)36(28(24-42)25-43)47-37(34,38(39,40)41)29-11-9-8-10-12-29/h8-20,23H,4-7,21-22H2,1-3H3. The van der Waals surface area contributed by atoms with E-state index in [1.54, 1.807) is 37.5 Å². The zero-order valence-electron chi connectivity index (χ0n) is 27.0. The molecule has 10 heteroatoms. The van der Waals surface area contributed by atoms with Crippen molar-refractivity contribution in [1.29, 1.82) is 15.8 Å². The van der Waals surface area contributed by atoms with Crippen molar-refractivity contribution in [3.05, 3.63) is 110 Å². The highest BCUT2D eigenvalue weighted by Crippen LogP contribution is 2.56. The van der Waals surface area contributed by atoms with Crippen LogP contribution in [-0.4, -0.2) is 26.4 Å². The molecule has 2 heterocycles. The van der Waals surface area contributed by atoms with Crippen LogP contribution in [0.1, 0.15) is 60.4 Å². The summed E-state index contributed by atoms with van der Waals surface area (Å²) in [4.78, 5) is 3.84. The molecule has 0 fully saturated rings. The Morgan fingerprint density at radius 3 is 2.06 bits per heavy atom. The largest absolute Gasteiger partial charge is 0.496 e. The second kappa shape index (κ2) is 16.0. The predicted octanol–water partition coefficient (Wildman–Crippen LogP) is 9.96. The Hall–Kier alpha value is -5.24. The number of benzene rings is 2. The van der Waals surface area contributed by atoms with Gasteiger partial charge in [-0.1, -0.05) is 63.1 Å². The van der Waals surface area contributed by atoms with Gasteiger partial charge in [-0.15, -0.1) is 11.3 Å². The highest BCUT2D eigenvalue weighted by atomic mass is 32.1. The van der Waals surface area contributed by atoms with Crippen LogP contribution in [0.25, 0.3) is 18.2 Å². The molecule has 48 heavy (non-hydrogen) atoms. The minimum atomic E-state index is -5.05. The van der Waals surface area contributed by atoms with Crippen molar-refractivity contribution in [1.82, 2.24) is 0 Å². The molecule has 0 aliphatic carbocycles. The zero-order valence-corrected chi connectivity index (χ0v) is 27.8. The van der Waals surface area contributed by atoms with Gasteiger partial charge in [-0.2, -0.15) is 29.0 Å². The van der Waals surface area contributed by atoms with Gasteiger partial charge in [0.2, 0.25) is 0 Å². The van der Waals surface area contributed by atoms with E-state index in [9.17, 15) is 15.8 Å². The molecule has 6 nitrogen and oxygen atoms in total. The van der Waals surface area contributed by atoms with E-state index in [0.29, 0.717) is 4.88 Å². The van der Waals surface area contributed by atoms with Crippen LogP contribution in [0.3, 0.4) is 0 Å². The Morgan fingerprint density at radius 2 is 1.52 bits per heavy atom. The van der Waals surface area contributed by atoms with E-state index in [4.69, 9.17) is 9.47 Å². The molecule has 1 aliphatic heterocycles. The monoisotopic (exact) mass is 668 g/mol. The number of unbranched alkanes of at least 4 members (excludes halogenated alkanes) is 2. The number of halogens is 3. The summed E-state index contributed by atoms with van der Waals surface area (Å²) in [5.74, 6) is 0.0370. The Bertz CT molecular complexity index is 1830. The summed E-state index contributed by atoms with van der Waals surface area (Å²) in [7, 11) is 1.64. The SMILES string of the molecule is CCCCN(CCCC)c1ccc(C=Cc2ccc(C=CC3=C(C#N)C(=C(C#N)C#N)OC3(c3ccccc3)C(F)(F)F)s2)c(OC)c1. The van der Waals surface area contributed by atoms with Gasteiger partial charge in [0.1, 0.15) is 29.5 Å². The van der Waals surface area contributed by atoms with Crippen molar-refractivity contribution in [2.45, 2.75) is 51.3 Å². The van der Waals surface area contributed by atoms with E-state index in [0.717, 1.165) is 60.7 Å². The van der Waals surface area contributed by atoms with E-state index in [2.05, 4.69) is 24.8 Å². The predicted molar refractivity (Wildman–Crippen MR) is 183 cm³/mol. The van der Waals surface area contributed by atoms with Crippen LogP contribution in [0.15, 0.2) is 89.2 Å². The number of hydrogen-bond acceptors (Lipinski definition) is 7. The van der Waals surface area contributed by atoms with Crippen LogP contribution in [0.4, 0.5) is 18.9 Å². The quantitative estimate of drug-likeness (QED) is 0.168. The Labute approximate surface area is 283 Å². The molecular weight excluding hydrogens is 634 g/mol. The number of hydrogen-bond donors (Lipinski definition) is 0. The first-order valence-electron chi connectivity index (χ1n) is 15.6. The number of thiophene rings is 1. The summed E-state index contributed by atoms with van der Waals surface area (Å²) in [6.45, 7) is 6.31. The highest BCUT2D eigenvalue weighted by molar-refractivity contribution is 7.13. The number of ether oxygens (including phenoxy) is 2. The summed E-state index contributed by atoms with van der Waals surface area (Å²) in [5.41, 5.74) is -3.16. The summed E-state index contributed by atoms with van der Waals surface area (Å²) in [6.07, 6.45) is 5.87. The topological polar surface area (TPSA) is 93.1 Å². The van der Waals surface area contributed by atoms with Crippen molar-refractivity contribution in [3.8, 4) is 24.0 Å². The second-order valence-electron chi connectivity index (χ2n) is 11.0. The number of rotatable bonds is 13. The third-order valence-corrected chi connectivity index (χ3v) is 8.92. The third-order valence-electron chi connectivity index (χ3n) is 7.91. The van der Waals surface area contributed by atoms with E-state index >= 15 is 13.2 Å². The van der Waals surface area contributed by atoms with Gasteiger partial charge in [0.15, 0.2) is 11.3 Å². The van der Waals surface area contributed by atoms with E-state index in [-0.39, 0.29) is 5.56 Å². The normalized spacial score (nSPS) is 16.1. The lowest BCUT2D eigenvalue weighted by Crippen LogP contribution is -2.43. The molecule has 246 valence electrons. The van der Waals surface area contributed by atoms with Crippen molar-refractivity contribution in [3.63, 3.8) is 0 Å². The van der Waals surface area contributed by atoms with Gasteiger partial charge in [0.25, 0.3) is 5.60 Å². The summed E-state index contributed by atoms with van der Waals surface area (Å²) < 4.78 is 56.3. The van der Waals surface area contributed by atoms with Crippen LogP contribution < -0.4 is 9.64 Å². The third kappa shape index (κ3) is 7.49. The fourth-order valence-electron chi connectivity index (χ4n) is 5.42. The highest BCUT2D eigenvalue weighted by Gasteiger charge is 2.65. The lowest BCUT2D eigenvalue weighted by molar-refractivity contribution is -0.249. The van der Waals surface area contributed by atoms with Crippen LogP contribution >= 0.6 is 11.3 Å². The van der Waals surface area contributed by atoms with E-state index in [1.165, 1.54) is 47.8 Å². The lowest BCUT2D eigenvalue weighted by atomic mass is 9.84. The number of nitrogens with zero attached hydrogens (tertiary/aromatic N) is 4. The van der Waals surface area contributed by atoms with Crippen molar-refractivity contribution < 1.29 is 22.6 Å². The molecule has 0 bridgehead atoms. The molecule has 4 rings (SSSR count). The van der Waals surface area contributed by atoms with Gasteiger partial charge in [0, 0.05) is 51.3 Å². The van der Waals surface area contributed by atoms with Gasteiger partial charge in [0.05, 0.1) is 7.11 Å². The van der Waals surface area contributed by atoms with E-state index < -0.39 is 34.3 Å². The number of nitriles is 3. The van der Waals surface area contributed by atoms with Crippen LogP contribution in [0, 0.1) is 34.0 Å². The Balaban J connectivity index is 1.68. The molecule has 0 spiro atoms. The van der Waals surface area contributed by atoms with Gasteiger partial charge >= 0.3 is 6.18 Å². The fourth-order valence-corrected chi connectivity index (χ4v) is 6.24. The van der Waals surface area contributed by atoms with Gasteiger partial charge < -0.3 is 14.4 Å². The smallest absolute Gasteiger partial charge is 0.437 e. The molecule has 0 saturated heterocycles. The molecule has 1 aromatic heterocycles.